The second-order valence-corrected chi connectivity index (χ2v) is 4.91. The van der Waals surface area contributed by atoms with Gasteiger partial charge < -0.3 is 10.6 Å². The summed E-state index contributed by atoms with van der Waals surface area (Å²) in [6, 6.07) is 7.42. The molecule has 100 valence electrons. The molecule has 0 aliphatic heterocycles. The van der Waals surface area contributed by atoms with E-state index in [0.717, 1.165) is 10.2 Å². The third-order valence-electron chi connectivity index (χ3n) is 2.34. The number of amides is 1. The van der Waals surface area contributed by atoms with E-state index in [4.69, 9.17) is 0 Å². The van der Waals surface area contributed by atoms with Crippen LogP contribution in [-0.4, -0.2) is 27.2 Å². The Morgan fingerprint density at radius 2 is 2.11 bits per heavy atom. The lowest BCUT2D eigenvalue weighted by molar-refractivity contribution is -0.115. The summed E-state index contributed by atoms with van der Waals surface area (Å²) in [6.45, 7) is 0.683. The van der Waals surface area contributed by atoms with Crippen LogP contribution in [0.1, 0.15) is 5.82 Å². The molecule has 1 aromatic carbocycles. The number of hydrogen-bond donors (Lipinski definition) is 2. The number of aryl methyl sites for hydroxylation is 1. The van der Waals surface area contributed by atoms with Crippen LogP contribution in [0.15, 0.2) is 35.1 Å². The van der Waals surface area contributed by atoms with Gasteiger partial charge in [-0.3, -0.25) is 9.48 Å². The van der Waals surface area contributed by atoms with Crippen LogP contribution in [0.25, 0.3) is 0 Å². The molecule has 0 saturated heterocycles. The molecule has 7 heteroatoms. The molecule has 0 bridgehead atoms. The smallest absolute Gasteiger partial charge is 0.238 e. The maximum absolute atomic E-state index is 11.7. The quantitative estimate of drug-likeness (QED) is 0.870. The van der Waals surface area contributed by atoms with E-state index < -0.39 is 0 Å². The molecule has 1 heterocycles. The number of nitrogens with zero attached hydrogens (tertiary/aromatic N) is 3. The highest BCUT2D eigenvalue weighted by molar-refractivity contribution is 9.10. The predicted molar refractivity (Wildman–Crippen MR) is 75.5 cm³/mol. The van der Waals surface area contributed by atoms with Gasteiger partial charge in [0.25, 0.3) is 0 Å². The Kier molecular flexibility index (Phi) is 4.64. The van der Waals surface area contributed by atoms with Crippen molar-refractivity contribution in [3.63, 3.8) is 0 Å². The number of aromatic nitrogens is 3. The molecule has 19 heavy (non-hydrogen) atoms. The van der Waals surface area contributed by atoms with Crippen molar-refractivity contribution in [3.05, 3.63) is 40.9 Å². The topological polar surface area (TPSA) is 71.8 Å². The summed E-state index contributed by atoms with van der Waals surface area (Å²) < 4.78 is 2.60. The number of nitrogens with one attached hydrogen (secondary N) is 2. The SMILES string of the molecule is Cn1cnc(CNCC(=O)Nc2ccc(Br)cc2)n1. The van der Waals surface area contributed by atoms with Gasteiger partial charge in [-0.25, -0.2) is 4.98 Å². The first-order chi connectivity index (χ1) is 9.13. The molecule has 2 aromatic rings. The standard InChI is InChI=1S/C12H14BrN5O/c1-18-8-15-11(17-18)6-14-7-12(19)16-10-4-2-9(13)3-5-10/h2-5,8,14H,6-7H2,1H3,(H,16,19). The van der Waals surface area contributed by atoms with Gasteiger partial charge in [-0.15, -0.1) is 0 Å². The van der Waals surface area contributed by atoms with Crippen molar-refractivity contribution in [3.8, 4) is 0 Å². The van der Waals surface area contributed by atoms with Gasteiger partial charge in [-0.1, -0.05) is 15.9 Å². The number of benzene rings is 1. The van der Waals surface area contributed by atoms with Crippen molar-refractivity contribution in [1.29, 1.82) is 0 Å². The van der Waals surface area contributed by atoms with E-state index in [1.54, 1.807) is 18.1 Å². The van der Waals surface area contributed by atoms with E-state index in [2.05, 4.69) is 36.6 Å². The molecular formula is C12H14BrN5O. The lowest BCUT2D eigenvalue weighted by Crippen LogP contribution is -2.28. The zero-order valence-electron chi connectivity index (χ0n) is 10.4. The zero-order chi connectivity index (χ0) is 13.7. The summed E-state index contributed by atoms with van der Waals surface area (Å²) in [5, 5.41) is 9.89. The summed E-state index contributed by atoms with van der Waals surface area (Å²) in [5.41, 5.74) is 0.769. The minimum atomic E-state index is -0.0988. The average molecular weight is 324 g/mol. The van der Waals surface area contributed by atoms with Crippen molar-refractivity contribution < 1.29 is 4.79 Å². The van der Waals surface area contributed by atoms with Gasteiger partial charge in [-0.05, 0) is 24.3 Å². The van der Waals surface area contributed by atoms with Gasteiger partial charge in [0, 0.05) is 17.2 Å². The highest BCUT2D eigenvalue weighted by Gasteiger charge is 2.03. The van der Waals surface area contributed by atoms with E-state index in [0.29, 0.717) is 12.4 Å². The van der Waals surface area contributed by atoms with Crippen molar-refractivity contribution in [1.82, 2.24) is 20.1 Å². The molecular weight excluding hydrogens is 310 g/mol. The summed E-state index contributed by atoms with van der Waals surface area (Å²) in [4.78, 5) is 15.7. The third kappa shape index (κ3) is 4.46. The summed E-state index contributed by atoms with van der Waals surface area (Å²) in [6.07, 6.45) is 1.62. The fourth-order valence-corrected chi connectivity index (χ4v) is 1.76. The molecule has 0 spiro atoms. The van der Waals surface area contributed by atoms with Crippen molar-refractivity contribution in [2.45, 2.75) is 6.54 Å². The normalized spacial score (nSPS) is 10.4. The largest absolute Gasteiger partial charge is 0.325 e. The molecule has 1 aromatic heterocycles. The number of hydrogen-bond acceptors (Lipinski definition) is 4. The van der Waals surface area contributed by atoms with Crippen LogP contribution >= 0.6 is 15.9 Å². The second-order valence-electron chi connectivity index (χ2n) is 3.99. The lowest BCUT2D eigenvalue weighted by atomic mass is 10.3. The number of rotatable bonds is 5. The first kappa shape index (κ1) is 13.7. The fourth-order valence-electron chi connectivity index (χ4n) is 1.49. The Bertz CT molecular complexity index is 552. The molecule has 2 rings (SSSR count). The Hall–Kier alpha value is -1.73. The van der Waals surface area contributed by atoms with Gasteiger partial charge in [0.1, 0.15) is 6.33 Å². The molecule has 2 N–H and O–H groups in total. The van der Waals surface area contributed by atoms with Crippen molar-refractivity contribution >= 4 is 27.5 Å². The van der Waals surface area contributed by atoms with E-state index in [1.807, 2.05) is 24.3 Å². The Balaban J connectivity index is 1.74. The maximum Gasteiger partial charge on any atom is 0.238 e. The van der Waals surface area contributed by atoms with E-state index in [-0.39, 0.29) is 12.5 Å². The van der Waals surface area contributed by atoms with E-state index in [9.17, 15) is 4.79 Å². The van der Waals surface area contributed by atoms with E-state index >= 15 is 0 Å². The molecule has 0 radical (unpaired) electrons. The number of carbonyl (C=O) groups is 1. The zero-order valence-corrected chi connectivity index (χ0v) is 12.0. The number of carbonyl (C=O) groups excluding carboxylic acids is 1. The second kappa shape index (κ2) is 6.44. The molecule has 0 aliphatic carbocycles. The van der Waals surface area contributed by atoms with Crippen LogP contribution in [0.2, 0.25) is 0 Å². The predicted octanol–water partition coefficient (Wildman–Crippen LogP) is 1.31. The van der Waals surface area contributed by atoms with Gasteiger partial charge >= 0.3 is 0 Å². The molecule has 0 saturated carbocycles. The number of halogens is 1. The summed E-state index contributed by atoms with van der Waals surface area (Å²) >= 11 is 3.34. The fraction of sp³-hybridized carbons (Fsp3) is 0.250. The Morgan fingerprint density at radius 3 is 2.74 bits per heavy atom. The van der Waals surface area contributed by atoms with Gasteiger partial charge in [0.15, 0.2) is 5.82 Å². The third-order valence-corrected chi connectivity index (χ3v) is 2.87. The molecule has 0 atom stereocenters. The molecule has 1 amide bonds. The van der Waals surface area contributed by atoms with Crippen LogP contribution in [0, 0.1) is 0 Å². The first-order valence-corrected chi connectivity index (χ1v) is 6.53. The van der Waals surface area contributed by atoms with Crippen LogP contribution in [0.5, 0.6) is 0 Å². The molecule has 6 nitrogen and oxygen atoms in total. The molecule has 0 fully saturated rings. The van der Waals surface area contributed by atoms with Crippen molar-refractivity contribution in [2.75, 3.05) is 11.9 Å². The minimum Gasteiger partial charge on any atom is -0.325 e. The Labute approximate surface area is 119 Å². The highest BCUT2D eigenvalue weighted by Crippen LogP contribution is 2.13. The van der Waals surface area contributed by atoms with Gasteiger partial charge in [0.05, 0.1) is 13.1 Å². The van der Waals surface area contributed by atoms with Crippen molar-refractivity contribution in [2.24, 2.45) is 7.05 Å². The summed E-state index contributed by atoms with van der Waals surface area (Å²) in [5.74, 6) is 0.567. The highest BCUT2D eigenvalue weighted by atomic mass is 79.9. The van der Waals surface area contributed by atoms with Gasteiger partial charge in [-0.2, -0.15) is 5.10 Å². The maximum atomic E-state index is 11.7. The molecule has 0 unspecified atom stereocenters. The first-order valence-electron chi connectivity index (χ1n) is 5.74. The van der Waals surface area contributed by atoms with Crippen LogP contribution in [0.3, 0.4) is 0 Å². The van der Waals surface area contributed by atoms with Crippen LogP contribution < -0.4 is 10.6 Å². The lowest BCUT2D eigenvalue weighted by Gasteiger charge is -2.05. The van der Waals surface area contributed by atoms with Crippen LogP contribution in [0.4, 0.5) is 5.69 Å². The minimum absolute atomic E-state index is 0.0988. The Morgan fingerprint density at radius 1 is 1.37 bits per heavy atom. The summed E-state index contributed by atoms with van der Waals surface area (Å²) in [7, 11) is 1.80. The van der Waals surface area contributed by atoms with Gasteiger partial charge in [0.2, 0.25) is 5.91 Å². The van der Waals surface area contributed by atoms with Crippen LogP contribution in [-0.2, 0) is 18.4 Å². The number of anilines is 1. The molecule has 0 aliphatic rings. The monoisotopic (exact) mass is 323 g/mol. The van der Waals surface area contributed by atoms with E-state index in [1.165, 1.54) is 0 Å². The average Bonchev–Trinajstić information content (AvgIpc) is 2.78.